The molecule has 0 fully saturated rings. The van der Waals surface area contributed by atoms with E-state index in [2.05, 4.69) is 103 Å². The number of nitrogens with one attached hydrogen (secondary N) is 1. The fourth-order valence-electron chi connectivity index (χ4n) is 2.75. The Bertz CT molecular complexity index is 641. The van der Waals surface area contributed by atoms with Gasteiger partial charge in [0.1, 0.15) is 0 Å². The first-order chi connectivity index (χ1) is 10.9. The molecule has 1 N–H and O–H groups in total. The standard InChI is InChI=1S/C20H20N2/c1-2-21(18-12-6-3-7-13-18)22(19-14-8-4-9-15-19)20-16-10-5-11-17-20/h3-17H,2H2,1H3/p+1. The Morgan fingerprint density at radius 1 is 0.636 bits per heavy atom. The molecule has 2 nitrogen and oxygen atoms in total. The van der Waals surface area contributed by atoms with Crippen molar-refractivity contribution in [1.82, 2.24) is 0 Å². The Morgan fingerprint density at radius 2 is 1.05 bits per heavy atom. The lowest BCUT2D eigenvalue weighted by Gasteiger charge is -2.31. The zero-order chi connectivity index (χ0) is 15.2. The second kappa shape index (κ2) is 6.92. The molecular weight excluding hydrogens is 268 g/mol. The number of rotatable bonds is 5. The van der Waals surface area contributed by atoms with Crippen LogP contribution < -0.4 is 10.0 Å². The summed E-state index contributed by atoms with van der Waals surface area (Å²) in [6, 6.07) is 31.8. The summed E-state index contributed by atoms with van der Waals surface area (Å²) in [5.41, 5.74) is 3.69. The van der Waals surface area contributed by atoms with Gasteiger partial charge < -0.3 is 0 Å². The molecule has 3 aromatic carbocycles. The van der Waals surface area contributed by atoms with E-state index in [0.717, 1.165) is 6.54 Å². The lowest BCUT2D eigenvalue weighted by molar-refractivity contribution is -0.771. The molecule has 0 aliphatic heterocycles. The average Bonchev–Trinajstić information content (AvgIpc) is 2.62. The van der Waals surface area contributed by atoms with Gasteiger partial charge in [-0.25, -0.2) is 5.01 Å². The van der Waals surface area contributed by atoms with Crippen molar-refractivity contribution in [3.63, 3.8) is 0 Å². The van der Waals surface area contributed by atoms with Crippen LogP contribution in [0.3, 0.4) is 0 Å². The van der Waals surface area contributed by atoms with Crippen LogP contribution in [0.1, 0.15) is 6.92 Å². The van der Waals surface area contributed by atoms with Crippen LogP contribution in [0, 0.1) is 0 Å². The zero-order valence-corrected chi connectivity index (χ0v) is 12.8. The molecule has 2 heteroatoms. The molecule has 0 heterocycles. The van der Waals surface area contributed by atoms with Crippen molar-refractivity contribution in [2.24, 2.45) is 0 Å². The molecular formula is C20H21N2+. The minimum absolute atomic E-state index is 0.920. The predicted octanol–water partition coefficient (Wildman–Crippen LogP) is 3.98. The molecule has 0 aromatic heterocycles. The lowest BCUT2D eigenvalue weighted by atomic mass is 10.2. The molecule has 0 unspecified atom stereocenters. The first-order valence-corrected chi connectivity index (χ1v) is 7.70. The second-order valence-corrected chi connectivity index (χ2v) is 5.16. The molecule has 22 heavy (non-hydrogen) atoms. The summed E-state index contributed by atoms with van der Waals surface area (Å²) in [6.45, 7) is 3.11. The van der Waals surface area contributed by atoms with Crippen LogP contribution in [0.15, 0.2) is 91.0 Å². The maximum Gasteiger partial charge on any atom is 0.160 e. The van der Waals surface area contributed by atoms with Crippen molar-refractivity contribution in [2.75, 3.05) is 11.6 Å². The highest BCUT2D eigenvalue weighted by molar-refractivity contribution is 5.47. The van der Waals surface area contributed by atoms with Gasteiger partial charge in [-0.3, -0.25) is 0 Å². The van der Waals surface area contributed by atoms with Crippen molar-refractivity contribution in [3.8, 4) is 0 Å². The Hall–Kier alpha value is -2.58. The van der Waals surface area contributed by atoms with Gasteiger partial charge in [-0.15, -0.1) is 0 Å². The van der Waals surface area contributed by atoms with Crippen LogP contribution in [-0.2, 0) is 0 Å². The molecule has 110 valence electrons. The van der Waals surface area contributed by atoms with E-state index in [-0.39, 0.29) is 0 Å². The topological polar surface area (TPSA) is 7.68 Å². The van der Waals surface area contributed by atoms with Crippen molar-refractivity contribution in [2.45, 2.75) is 6.92 Å². The molecule has 0 saturated carbocycles. The van der Waals surface area contributed by atoms with Gasteiger partial charge in [-0.1, -0.05) is 54.6 Å². The van der Waals surface area contributed by atoms with Crippen LogP contribution in [0.5, 0.6) is 0 Å². The van der Waals surface area contributed by atoms with Gasteiger partial charge in [0.2, 0.25) is 0 Å². The number of hydrogen-bond donors (Lipinski definition) is 1. The lowest BCUT2D eigenvalue weighted by Crippen LogP contribution is -3.10. The maximum atomic E-state index is 2.37. The van der Waals surface area contributed by atoms with Gasteiger partial charge in [0, 0.05) is 24.3 Å². The summed E-state index contributed by atoms with van der Waals surface area (Å²) in [4.78, 5) is 0. The molecule has 0 spiro atoms. The average molecular weight is 289 g/mol. The highest BCUT2D eigenvalue weighted by Gasteiger charge is 2.23. The minimum Gasteiger partial charge on any atom is -0.216 e. The van der Waals surface area contributed by atoms with Crippen LogP contribution >= 0.6 is 0 Å². The molecule has 0 amide bonds. The highest BCUT2D eigenvalue weighted by atomic mass is 15.6. The second-order valence-electron chi connectivity index (χ2n) is 5.16. The first kappa shape index (κ1) is 14.4. The third-order valence-electron chi connectivity index (χ3n) is 3.75. The van der Waals surface area contributed by atoms with Crippen molar-refractivity contribution < 1.29 is 5.01 Å². The van der Waals surface area contributed by atoms with E-state index in [9.17, 15) is 0 Å². The van der Waals surface area contributed by atoms with Gasteiger partial charge in [0.25, 0.3) is 0 Å². The third kappa shape index (κ3) is 3.02. The summed E-state index contributed by atoms with van der Waals surface area (Å²) < 4.78 is 0. The molecule has 0 aliphatic rings. The Balaban J connectivity index is 2.09. The summed E-state index contributed by atoms with van der Waals surface area (Å²) in [6.07, 6.45) is 0. The normalized spacial score (nSPS) is 10.6. The summed E-state index contributed by atoms with van der Waals surface area (Å²) in [5, 5.41) is 3.61. The molecule has 3 aromatic rings. The van der Waals surface area contributed by atoms with Crippen LogP contribution in [0.4, 0.5) is 17.1 Å². The van der Waals surface area contributed by atoms with Gasteiger partial charge in [0.15, 0.2) is 11.4 Å². The van der Waals surface area contributed by atoms with E-state index in [1.165, 1.54) is 22.1 Å². The Kier molecular flexibility index (Phi) is 4.52. The van der Waals surface area contributed by atoms with Gasteiger partial charge in [-0.05, 0) is 19.1 Å². The molecule has 0 atom stereocenters. The number of quaternary nitrogens is 1. The van der Waals surface area contributed by atoms with Gasteiger partial charge in [-0.2, -0.15) is 5.01 Å². The maximum absolute atomic E-state index is 2.37. The SMILES string of the molecule is CCN(c1ccccc1)[NH+](c1ccccc1)c1ccccc1. The smallest absolute Gasteiger partial charge is 0.160 e. The molecule has 0 bridgehead atoms. The predicted molar refractivity (Wildman–Crippen MR) is 92.6 cm³/mol. The monoisotopic (exact) mass is 289 g/mol. The summed E-state index contributed by atoms with van der Waals surface area (Å²) in [7, 11) is 0. The van der Waals surface area contributed by atoms with E-state index >= 15 is 0 Å². The van der Waals surface area contributed by atoms with Crippen LogP contribution in [0.25, 0.3) is 0 Å². The molecule has 0 aliphatic carbocycles. The molecule has 3 rings (SSSR count). The Morgan fingerprint density at radius 3 is 1.45 bits per heavy atom. The van der Waals surface area contributed by atoms with Crippen LogP contribution in [0.2, 0.25) is 0 Å². The molecule has 0 radical (unpaired) electrons. The number of benzene rings is 3. The summed E-state index contributed by atoms with van der Waals surface area (Å²) in [5.74, 6) is 0. The van der Waals surface area contributed by atoms with Crippen LogP contribution in [-0.4, -0.2) is 6.54 Å². The third-order valence-corrected chi connectivity index (χ3v) is 3.75. The fraction of sp³-hybridized carbons (Fsp3) is 0.100. The number of nitrogens with zero attached hydrogens (tertiary/aromatic N) is 1. The quantitative estimate of drug-likeness (QED) is 0.698. The van der Waals surface area contributed by atoms with Gasteiger partial charge >= 0.3 is 0 Å². The largest absolute Gasteiger partial charge is 0.216 e. The minimum atomic E-state index is 0.920. The van der Waals surface area contributed by atoms with E-state index < -0.39 is 0 Å². The number of hydrogen-bond acceptors (Lipinski definition) is 1. The van der Waals surface area contributed by atoms with E-state index in [4.69, 9.17) is 0 Å². The number of para-hydroxylation sites is 3. The fourth-order valence-corrected chi connectivity index (χ4v) is 2.75. The zero-order valence-electron chi connectivity index (χ0n) is 12.8. The van der Waals surface area contributed by atoms with E-state index in [0.29, 0.717) is 0 Å². The van der Waals surface area contributed by atoms with E-state index in [1.54, 1.807) is 0 Å². The highest BCUT2D eigenvalue weighted by Crippen LogP contribution is 2.14. The van der Waals surface area contributed by atoms with Crippen molar-refractivity contribution >= 4 is 17.1 Å². The number of anilines is 1. The Labute approximate surface area is 132 Å². The van der Waals surface area contributed by atoms with Crippen molar-refractivity contribution in [3.05, 3.63) is 91.0 Å². The molecule has 0 saturated heterocycles. The first-order valence-electron chi connectivity index (χ1n) is 7.70. The van der Waals surface area contributed by atoms with Crippen molar-refractivity contribution in [1.29, 1.82) is 0 Å². The van der Waals surface area contributed by atoms with E-state index in [1.807, 2.05) is 0 Å². The van der Waals surface area contributed by atoms with Gasteiger partial charge in [0.05, 0.1) is 12.2 Å². The summed E-state index contributed by atoms with van der Waals surface area (Å²) >= 11 is 0.